The highest BCUT2D eigenvalue weighted by Gasteiger charge is 2.18. The van der Waals surface area contributed by atoms with E-state index in [0.29, 0.717) is 30.0 Å². The maximum Gasteiger partial charge on any atom is 0.270 e. The zero-order valence-corrected chi connectivity index (χ0v) is 18.4. The summed E-state index contributed by atoms with van der Waals surface area (Å²) in [5, 5.41) is 18.6. The van der Waals surface area contributed by atoms with Crippen molar-refractivity contribution in [1.82, 2.24) is 20.1 Å². The van der Waals surface area contributed by atoms with Crippen LogP contribution < -0.4 is 5.32 Å². The minimum Gasteiger partial charge on any atom is -0.350 e. The van der Waals surface area contributed by atoms with Crippen molar-refractivity contribution in [2.24, 2.45) is 0 Å². The molecule has 33 heavy (non-hydrogen) atoms. The molecule has 2 aromatic carbocycles. The first-order valence-electron chi connectivity index (χ1n) is 10.5. The molecular formula is C25H23N5O3. The Morgan fingerprint density at radius 2 is 1.82 bits per heavy atom. The third kappa shape index (κ3) is 4.95. The van der Waals surface area contributed by atoms with Gasteiger partial charge in [-0.3, -0.25) is 19.9 Å². The van der Waals surface area contributed by atoms with E-state index in [4.69, 9.17) is 0 Å². The normalized spacial score (nSPS) is 10.7. The Labute approximate surface area is 191 Å². The Bertz CT molecular complexity index is 1300. The number of rotatable bonds is 7. The minimum absolute atomic E-state index is 0.0262. The van der Waals surface area contributed by atoms with Gasteiger partial charge in [0.1, 0.15) is 5.69 Å². The van der Waals surface area contributed by atoms with Crippen LogP contribution in [-0.2, 0) is 6.42 Å². The van der Waals surface area contributed by atoms with E-state index in [1.807, 2.05) is 50.2 Å². The van der Waals surface area contributed by atoms with E-state index >= 15 is 0 Å². The van der Waals surface area contributed by atoms with Crippen molar-refractivity contribution in [2.45, 2.75) is 20.3 Å². The van der Waals surface area contributed by atoms with Gasteiger partial charge in [0, 0.05) is 42.6 Å². The maximum atomic E-state index is 13.1. The lowest BCUT2D eigenvalue weighted by molar-refractivity contribution is -0.384. The monoisotopic (exact) mass is 441 g/mol. The maximum absolute atomic E-state index is 13.1. The van der Waals surface area contributed by atoms with Gasteiger partial charge in [0.2, 0.25) is 0 Å². The molecule has 0 radical (unpaired) electrons. The molecule has 0 saturated heterocycles. The van der Waals surface area contributed by atoms with Crippen LogP contribution in [0.15, 0.2) is 72.9 Å². The number of nitro groups is 1. The number of benzene rings is 2. The molecule has 0 aliphatic rings. The number of hydrogen-bond acceptors (Lipinski definition) is 5. The van der Waals surface area contributed by atoms with Crippen molar-refractivity contribution in [3.05, 3.63) is 106 Å². The number of nitrogens with zero attached hydrogens (tertiary/aromatic N) is 4. The number of amides is 1. The first-order chi connectivity index (χ1) is 15.9. The Morgan fingerprint density at radius 1 is 1.03 bits per heavy atom. The molecule has 4 aromatic rings. The lowest BCUT2D eigenvalue weighted by Crippen LogP contribution is -2.28. The number of nitro benzene ring substituents is 1. The molecule has 8 heteroatoms. The fraction of sp³-hybridized carbons (Fsp3) is 0.160. The molecule has 2 aromatic heterocycles. The van der Waals surface area contributed by atoms with Crippen LogP contribution in [0.25, 0.3) is 16.9 Å². The summed E-state index contributed by atoms with van der Waals surface area (Å²) in [7, 11) is 0. The van der Waals surface area contributed by atoms with Gasteiger partial charge < -0.3 is 5.32 Å². The summed E-state index contributed by atoms with van der Waals surface area (Å²) in [6, 6.07) is 19.4. The predicted molar refractivity (Wildman–Crippen MR) is 125 cm³/mol. The van der Waals surface area contributed by atoms with E-state index in [9.17, 15) is 14.9 Å². The molecule has 2 heterocycles. The predicted octanol–water partition coefficient (Wildman–Crippen LogP) is 4.43. The fourth-order valence-electron chi connectivity index (χ4n) is 3.44. The number of aromatic nitrogens is 3. The van der Waals surface area contributed by atoms with Crippen molar-refractivity contribution < 1.29 is 9.72 Å². The lowest BCUT2D eigenvalue weighted by Gasteiger charge is -2.08. The molecule has 0 aliphatic carbocycles. The van der Waals surface area contributed by atoms with Gasteiger partial charge >= 0.3 is 0 Å². The number of nitrogens with one attached hydrogen (secondary N) is 1. The topological polar surface area (TPSA) is 103 Å². The third-order valence-corrected chi connectivity index (χ3v) is 5.44. The van der Waals surface area contributed by atoms with Gasteiger partial charge in [-0.05, 0) is 61.4 Å². The minimum atomic E-state index is -0.460. The van der Waals surface area contributed by atoms with Gasteiger partial charge in [-0.1, -0.05) is 18.2 Å². The van der Waals surface area contributed by atoms with Gasteiger partial charge in [0.15, 0.2) is 0 Å². The molecule has 0 spiro atoms. The van der Waals surface area contributed by atoms with Gasteiger partial charge in [0.05, 0.1) is 16.3 Å². The zero-order valence-electron chi connectivity index (χ0n) is 18.4. The molecule has 0 unspecified atom stereocenters. The summed E-state index contributed by atoms with van der Waals surface area (Å²) in [5.74, 6) is -0.285. The molecule has 0 atom stereocenters. The van der Waals surface area contributed by atoms with E-state index in [1.165, 1.54) is 22.4 Å². The fourth-order valence-corrected chi connectivity index (χ4v) is 3.44. The summed E-state index contributed by atoms with van der Waals surface area (Å²) in [6.45, 7) is 4.48. The number of pyridine rings is 1. The number of carbonyl (C=O) groups excluding carboxylic acids is 1. The second-order valence-corrected chi connectivity index (χ2v) is 7.73. The average Bonchev–Trinajstić information content (AvgIpc) is 3.27. The van der Waals surface area contributed by atoms with Crippen LogP contribution >= 0.6 is 0 Å². The third-order valence-electron chi connectivity index (χ3n) is 5.44. The van der Waals surface area contributed by atoms with E-state index < -0.39 is 4.92 Å². The van der Waals surface area contributed by atoms with Crippen LogP contribution in [0, 0.1) is 24.0 Å². The Hall–Kier alpha value is -4.33. The molecule has 0 saturated carbocycles. The molecule has 8 nitrogen and oxygen atoms in total. The smallest absolute Gasteiger partial charge is 0.270 e. The van der Waals surface area contributed by atoms with E-state index in [1.54, 1.807) is 24.4 Å². The Morgan fingerprint density at radius 3 is 2.48 bits per heavy atom. The van der Waals surface area contributed by atoms with Gasteiger partial charge in [0.25, 0.3) is 11.6 Å². The molecule has 1 amide bonds. The van der Waals surface area contributed by atoms with Crippen molar-refractivity contribution in [1.29, 1.82) is 0 Å². The second-order valence-electron chi connectivity index (χ2n) is 7.73. The zero-order chi connectivity index (χ0) is 23.4. The van der Waals surface area contributed by atoms with Gasteiger partial charge in [-0.15, -0.1) is 0 Å². The largest absolute Gasteiger partial charge is 0.350 e. The Balaban J connectivity index is 1.65. The van der Waals surface area contributed by atoms with E-state index in [0.717, 1.165) is 16.8 Å². The SMILES string of the molecule is Cc1ccc(-c2cc(C(=O)NCCc3ccccn3)n(-c3ccc([N+](=O)[O-])cc3)n2)cc1C. The highest BCUT2D eigenvalue weighted by atomic mass is 16.6. The number of non-ortho nitro benzene ring substituents is 1. The number of aryl methyl sites for hydroxylation is 2. The highest BCUT2D eigenvalue weighted by molar-refractivity contribution is 5.94. The van der Waals surface area contributed by atoms with Crippen LogP contribution in [0.2, 0.25) is 0 Å². The molecule has 0 aliphatic heterocycles. The van der Waals surface area contributed by atoms with E-state index in [2.05, 4.69) is 15.4 Å². The van der Waals surface area contributed by atoms with Crippen LogP contribution in [-0.4, -0.2) is 32.1 Å². The lowest BCUT2D eigenvalue weighted by atomic mass is 10.0. The first-order valence-corrected chi connectivity index (χ1v) is 10.5. The standard InChI is InChI=1S/C25H23N5O3/c1-17-6-7-19(15-18(17)2)23-16-24(25(31)27-14-12-20-5-3-4-13-26-20)29(28-23)21-8-10-22(11-9-21)30(32)33/h3-11,13,15-16H,12,14H2,1-2H3,(H,27,31). The molecular weight excluding hydrogens is 418 g/mol. The molecule has 1 N–H and O–H groups in total. The van der Waals surface area contributed by atoms with Crippen LogP contribution in [0.4, 0.5) is 5.69 Å². The number of carbonyl (C=O) groups is 1. The summed E-state index contributed by atoms with van der Waals surface area (Å²) < 4.78 is 1.52. The Kier molecular flexibility index (Phi) is 6.26. The molecule has 0 fully saturated rings. The summed E-state index contributed by atoms with van der Waals surface area (Å²) >= 11 is 0. The molecule has 166 valence electrons. The highest BCUT2D eigenvalue weighted by Crippen LogP contribution is 2.25. The van der Waals surface area contributed by atoms with Crippen LogP contribution in [0.5, 0.6) is 0 Å². The van der Waals surface area contributed by atoms with E-state index in [-0.39, 0.29) is 11.6 Å². The summed E-state index contributed by atoms with van der Waals surface area (Å²) in [4.78, 5) is 27.9. The summed E-state index contributed by atoms with van der Waals surface area (Å²) in [6.07, 6.45) is 2.32. The summed E-state index contributed by atoms with van der Waals surface area (Å²) in [5.41, 5.74) is 5.59. The van der Waals surface area contributed by atoms with Crippen molar-refractivity contribution >= 4 is 11.6 Å². The average molecular weight is 441 g/mol. The first kappa shape index (κ1) is 21.9. The molecule has 0 bridgehead atoms. The van der Waals surface area contributed by atoms with Crippen molar-refractivity contribution in [2.75, 3.05) is 6.54 Å². The van der Waals surface area contributed by atoms with Crippen LogP contribution in [0.1, 0.15) is 27.3 Å². The van der Waals surface area contributed by atoms with Crippen molar-refractivity contribution in [3.63, 3.8) is 0 Å². The van der Waals surface area contributed by atoms with Gasteiger partial charge in [-0.2, -0.15) is 5.10 Å². The second kappa shape index (κ2) is 9.44. The van der Waals surface area contributed by atoms with Crippen LogP contribution in [0.3, 0.4) is 0 Å². The number of hydrogen-bond donors (Lipinski definition) is 1. The quantitative estimate of drug-likeness (QED) is 0.338. The van der Waals surface area contributed by atoms with Crippen molar-refractivity contribution in [3.8, 4) is 16.9 Å². The van der Waals surface area contributed by atoms with Gasteiger partial charge in [-0.25, -0.2) is 4.68 Å². The molecule has 4 rings (SSSR count).